The predicted octanol–water partition coefficient (Wildman–Crippen LogP) is 4.51. The van der Waals surface area contributed by atoms with Gasteiger partial charge in [0.25, 0.3) is 5.91 Å². The Morgan fingerprint density at radius 2 is 1.88 bits per heavy atom. The van der Waals surface area contributed by atoms with Crippen LogP contribution in [-0.2, 0) is 0 Å². The normalized spacial score (nSPS) is 12.2. The van der Waals surface area contributed by atoms with Crippen molar-refractivity contribution in [2.24, 2.45) is 0 Å². The molecule has 0 radical (unpaired) electrons. The van der Waals surface area contributed by atoms with Gasteiger partial charge >= 0.3 is 0 Å². The second kappa shape index (κ2) is 7.54. The molecule has 0 aliphatic carbocycles. The van der Waals surface area contributed by atoms with Gasteiger partial charge in [0.15, 0.2) is 0 Å². The van der Waals surface area contributed by atoms with Gasteiger partial charge in [0.05, 0.1) is 0 Å². The summed E-state index contributed by atoms with van der Waals surface area (Å²) in [5.74, 6) is -0.0391. The Kier molecular flexibility index (Phi) is 6.74. The maximum atomic E-state index is 11.9. The van der Waals surface area contributed by atoms with E-state index in [9.17, 15) is 4.79 Å². The summed E-state index contributed by atoms with van der Waals surface area (Å²) in [5, 5.41) is 2.91. The fraction of sp³-hybridized carbons (Fsp3) is 0.417. The van der Waals surface area contributed by atoms with Crippen molar-refractivity contribution in [2.45, 2.75) is 24.6 Å². The molecule has 0 fully saturated rings. The monoisotopic (exact) mass is 425 g/mol. The number of alkyl halides is 1. The first-order valence-electron chi connectivity index (χ1n) is 5.41. The lowest BCUT2D eigenvalue weighted by atomic mass is 10.2. The van der Waals surface area contributed by atoms with Crippen LogP contribution in [0.15, 0.2) is 27.1 Å². The van der Waals surface area contributed by atoms with Crippen molar-refractivity contribution in [3.8, 4) is 0 Å². The molecule has 0 aliphatic rings. The van der Waals surface area contributed by atoms with E-state index in [1.165, 1.54) is 0 Å². The number of carbonyl (C=O) groups excluding carboxylic acids is 1. The van der Waals surface area contributed by atoms with E-state index in [1.54, 1.807) is 0 Å². The van der Waals surface area contributed by atoms with E-state index in [2.05, 4.69) is 60.0 Å². The number of carbonyl (C=O) groups is 1. The summed E-state index contributed by atoms with van der Waals surface area (Å²) in [6.45, 7) is 2.80. The first kappa shape index (κ1) is 15.2. The molecule has 0 saturated heterocycles. The fourth-order valence-electron chi connectivity index (χ4n) is 1.33. The molecule has 1 N–H and O–H groups in total. The molecule has 17 heavy (non-hydrogen) atoms. The minimum Gasteiger partial charge on any atom is -0.352 e. The van der Waals surface area contributed by atoms with Crippen molar-refractivity contribution < 1.29 is 4.79 Å². The van der Waals surface area contributed by atoms with Crippen molar-refractivity contribution >= 4 is 53.7 Å². The topological polar surface area (TPSA) is 29.1 Å². The van der Waals surface area contributed by atoms with Crippen molar-refractivity contribution in [1.82, 2.24) is 5.32 Å². The zero-order chi connectivity index (χ0) is 12.8. The van der Waals surface area contributed by atoms with Crippen LogP contribution >= 0.6 is 47.8 Å². The van der Waals surface area contributed by atoms with Crippen LogP contribution in [0.4, 0.5) is 0 Å². The van der Waals surface area contributed by atoms with E-state index in [-0.39, 0.29) is 5.91 Å². The predicted molar refractivity (Wildman–Crippen MR) is 81.8 cm³/mol. The van der Waals surface area contributed by atoms with Crippen LogP contribution in [0.1, 0.15) is 30.1 Å². The van der Waals surface area contributed by atoms with Gasteiger partial charge in [0.1, 0.15) is 0 Å². The van der Waals surface area contributed by atoms with Crippen molar-refractivity contribution in [3.05, 3.63) is 32.7 Å². The fourth-order valence-corrected chi connectivity index (χ4v) is 2.86. The molecule has 1 unspecified atom stereocenters. The maximum Gasteiger partial charge on any atom is 0.251 e. The van der Waals surface area contributed by atoms with Crippen molar-refractivity contribution in [2.75, 3.05) is 6.54 Å². The van der Waals surface area contributed by atoms with Gasteiger partial charge in [-0.3, -0.25) is 4.79 Å². The Morgan fingerprint density at radius 3 is 2.41 bits per heavy atom. The number of hydrogen-bond donors (Lipinski definition) is 1. The quantitative estimate of drug-likeness (QED) is 0.688. The second-order valence-electron chi connectivity index (χ2n) is 3.71. The number of benzene rings is 1. The first-order chi connectivity index (χ1) is 8.02. The minimum atomic E-state index is -0.0391. The molecule has 0 aliphatic heterocycles. The van der Waals surface area contributed by atoms with Crippen LogP contribution in [0.2, 0.25) is 0 Å². The van der Waals surface area contributed by atoms with E-state index < -0.39 is 0 Å². The molecule has 1 aromatic carbocycles. The van der Waals surface area contributed by atoms with Gasteiger partial charge in [0, 0.05) is 25.9 Å². The van der Waals surface area contributed by atoms with E-state index in [4.69, 9.17) is 0 Å². The summed E-state index contributed by atoms with van der Waals surface area (Å²) in [6, 6.07) is 5.53. The average molecular weight is 428 g/mol. The Hall–Kier alpha value is 0.130. The summed E-state index contributed by atoms with van der Waals surface area (Å²) in [5.41, 5.74) is 0.661. The van der Waals surface area contributed by atoms with E-state index in [0.29, 0.717) is 16.9 Å². The van der Waals surface area contributed by atoms with Crippen LogP contribution in [0.25, 0.3) is 0 Å². The molecule has 0 heterocycles. The Morgan fingerprint density at radius 1 is 1.29 bits per heavy atom. The average Bonchev–Trinajstić information content (AvgIpc) is 2.27. The molecule has 0 saturated carbocycles. The van der Waals surface area contributed by atoms with Crippen LogP contribution in [0.5, 0.6) is 0 Å². The zero-order valence-corrected chi connectivity index (χ0v) is 14.2. The largest absolute Gasteiger partial charge is 0.352 e. The van der Waals surface area contributed by atoms with Crippen LogP contribution in [0.3, 0.4) is 0 Å². The molecule has 2 nitrogen and oxygen atoms in total. The molecule has 0 aromatic heterocycles. The highest BCUT2D eigenvalue weighted by Gasteiger charge is 2.08. The van der Waals surface area contributed by atoms with Gasteiger partial charge in [0.2, 0.25) is 0 Å². The molecule has 1 aromatic rings. The third kappa shape index (κ3) is 5.53. The second-order valence-corrected chi connectivity index (χ2v) is 6.83. The lowest BCUT2D eigenvalue weighted by Crippen LogP contribution is -2.26. The van der Waals surface area contributed by atoms with Gasteiger partial charge in [-0.2, -0.15) is 0 Å². The molecule has 94 valence electrons. The van der Waals surface area contributed by atoms with E-state index >= 15 is 0 Å². The summed E-state index contributed by atoms with van der Waals surface area (Å²) in [7, 11) is 0. The molecular weight excluding hydrogens is 414 g/mol. The highest BCUT2D eigenvalue weighted by atomic mass is 79.9. The number of amides is 1. The van der Waals surface area contributed by atoms with Gasteiger partial charge < -0.3 is 5.32 Å². The molecule has 0 spiro atoms. The van der Waals surface area contributed by atoms with Crippen molar-refractivity contribution in [3.63, 3.8) is 0 Å². The number of rotatable bonds is 5. The maximum absolute atomic E-state index is 11.9. The van der Waals surface area contributed by atoms with Gasteiger partial charge in [-0.1, -0.05) is 54.7 Å². The highest BCUT2D eigenvalue weighted by molar-refractivity contribution is 9.11. The molecule has 0 bridgehead atoms. The molecule has 1 atom stereocenters. The molecule has 5 heteroatoms. The van der Waals surface area contributed by atoms with Gasteiger partial charge in [-0.25, -0.2) is 0 Å². The SMILES string of the molecule is CCC(Br)CCNC(=O)c1cc(Br)cc(Br)c1. The first-order valence-corrected chi connectivity index (χ1v) is 7.91. The Labute approximate surface area is 127 Å². The summed E-state index contributed by atoms with van der Waals surface area (Å²) in [6.07, 6.45) is 2.01. The number of halogens is 3. The van der Waals surface area contributed by atoms with Crippen LogP contribution in [0, 0.1) is 0 Å². The molecule has 1 amide bonds. The van der Waals surface area contributed by atoms with Crippen LogP contribution in [-0.4, -0.2) is 17.3 Å². The zero-order valence-electron chi connectivity index (χ0n) is 9.47. The Bertz CT molecular complexity index is 375. The van der Waals surface area contributed by atoms with E-state index in [0.717, 1.165) is 21.8 Å². The summed E-state index contributed by atoms with van der Waals surface area (Å²) < 4.78 is 1.79. The summed E-state index contributed by atoms with van der Waals surface area (Å²) in [4.78, 5) is 12.3. The van der Waals surface area contributed by atoms with Crippen molar-refractivity contribution in [1.29, 1.82) is 0 Å². The molecular formula is C12H14Br3NO. The number of hydrogen-bond acceptors (Lipinski definition) is 1. The third-order valence-corrected chi connectivity index (χ3v) is 4.33. The van der Waals surface area contributed by atoms with Gasteiger partial charge in [-0.15, -0.1) is 0 Å². The third-order valence-electron chi connectivity index (χ3n) is 2.31. The Balaban J connectivity index is 2.52. The smallest absolute Gasteiger partial charge is 0.251 e. The lowest BCUT2D eigenvalue weighted by Gasteiger charge is -2.08. The summed E-state index contributed by atoms with van der Waals surface area (Å²) >= 11 is 10.3. The minimum absolute atomic E-state index is 0.0391. The van der Waals surface area contributed by atoms with Gasteiger partial charge in [-0.05, 0) is 31.0 Å². The molecule has 1 rings (SSSR count). The number of nitrogens with one attached hydrogen (secondary N) is 1. The standard InChI is InChI=1S/C12H14Br3NO/c1-2-9(13)3-4-16-12(17)8-5-10(14)7-11(15)6-8/h5-7,9H,2-4H2,1H3,(H,16,17). The van der Waals surface area contributed by atoms with Crippen LogP contribution < -0.4 is 5.32 Å². The highest BCUT2D eigenvalue weighted by Crippen LogP contribution is 2.20. The lowest BCUT2D eigenvalue weighted by molar-refractivity contribution is 0.0953. The van der Waals surface area contributed by atoms with E-state index in [1.807, 2.05) is 18.2 Å².